The molecule has 1 rings (SSSR count). The largest absolute Gasteiger partial charge is 0.336 e. The SMILES string of the molecule is CC(C)N(C)CC(=O)N1CCNC[C@@H]1C. The van der Waals surface area contributed by atoms with Gasteiger partial charge < -0.3 is 10.2 Å². The normalized spacial score (nSPS) is 22.5. The molecule has 0 aromatic rings. The van der Waals surface area contributed by atoms with Crippen LogP contribution in [0.4, 0.5) is 0 Å². The van der Waals surface area contributed by atoms with Gasteiger partial charge in [0, 0.05) is 31.7 Å². The van der Waals surface area contributed by atoms with Crippen molar-refractivity contribution >= 4 is 5.91 Å². The number of hydrogen-bond acceptors (Lipinski definition) is 3. The lowest BCUT2D eigenvalue weighted by Crippen LogP contribution is -2.54. The van der Waals surface area contributed by atoms with Gasteiger partial charge in [-0.25, -0.2) is 0 Å². The summed E-state index contributed by atoms with van der Waals surface area (Å²) in [6, 6.07) is 0.749. The second kappa shape index (κ2) is 5.47. The summed E-state index contributed by atoms with van der Waals surface area (Å²) in [5, 5.41) is 3.29. The molecule has 1 fully saturated rings. The van der Waals surface area contributed by atoms with E-state index in [1.165, 1.54) is 0 Å². The molecule has 0 aliphatic carbocycles. The number of amides is 1. The van der Waals surface area contributed by atoms with Crippen LogP contribution in [0, 0.1) is 0 Å². The van der Waals surface area contributed by atoms with Crippen LogP contribution in [-0.2, 0) is 4.79 Å². The average Bonchev–Trinajstić information content (AvgIpc) is 2.18. The molecule has 0 unspecified atom stereocenters. The van der Waals surface area contributed by atoms with Crippen LogP contribution in [0.2, 0.25) is 0 Å². The van der Waals surface area contributed by atoms with E-state index in [2.05, 4.69) is 31.0 Å². The number of hydrogen-bond donors (Lipinski definition) is 1. The van der Waals surface area contributed by atoms with Crippen molar-refractivity contribution in [2.45, 2.75) is 32.9 Å². The van der Waals surface area contributed by atoms with Gasteiger partial charge in [0.2, 0.25) is 5.91 Å². The molecular formula is C11H23N3O. The zero-order chi connectivity index (χ0) is 11.4. The first kappa shape index (κ1) is 12.5. The Morgan fingerprint density at radius 1 is 1.60 bits per heavy atom. The summed E-state index contributed by atoms with van der Waals surface area (Å²) in [7, 11) is 2.00. The van der Waals surface area contributed by atoms with Crippen LogP contribution in [0.25, 0.3) is 0 Å². The molecule has 0 bridgehead atoms. The Labute approximate surface area is 92.6 Å². The van der Waals surface area contributed by atoms with E-state index >= 15 is 0 Å². The topological polar surface area (TPSA) is 35.6 Å². The lowest BCUT2D eigenvalue weighted by atomic mass is 10.2. The summed E-state index contributed by atoms with van der Waals surface area (Å²) in [6.45, 7) is 9.51. The van der Waals surface area contributed by atoms with Gasteiger partial charge >= 0.3 is 0 Å². The average molecular weight is 213 g/mol. The van der Waals surface area contributed by atoms with Crippen molar-refractivity contribution < 1.29 is 4.79 Å². The maximum absolute atomic E-state index is 12.0. The second-order valence-corrected chi connectivity index (χ2v) is 4.65. The highest BCUT2D eigenvalue weighted by Crippen LogP contribution is 2.04. The van der Waals surface area contributed by atoms with Crippen molar-refractivity contribution in [2.75, 3.05) is 33.2 Å². The quantitative estimate of drug-likeness (QED) is 0.725. The fourth-order valence-electron chi connectivity index (χ4n) is 1.70. The van der Waals surface area contributed by atoms with Crippen LogP contribution < -0.4 is 5.32 Å². The molecule has 1 N–H and O–H groups in total. The Hall–Kier alpha value is -0.610. The van der Waals surface area contributed by atoms with Crippen LogP contribution in [-0.4, -0.2) is 61.0 Å². The molecule has 0 aromatic carbocycles. The van der Waals surface area contributed by atoms with Crippen molar-refractivity contribution in [3.8, 4) is 0 Å². The first-order valence-electron chi connectivity index (χ1n) is 5.72. The molecule has 0 saturated carbocycles. The number of carbonyl (C=O) groups excluding carboxylic acids is 1. The van der Waals surface area contributed by atoms with E-state index in [1.54, 1.807) is 0 Å². The van der Waals surface area contributed by atoms with Gasteiger partial charge in [0.15, 0.2) is 0 Å². The number of likely N-dealkylation sites (N-methyl/N-ethyl adjacent to an activating group) is 1. The first-order chi connectivity index (χ1) is 7.02. The summed E-state index contributed by atoms with van der Waals surface area (Å²) in [4.78, 5) is 16.0. The monoisotopic (exact) mass is 213 g/mol. The number of nitrogens with one attached hydrogen (secondary N) is 1. The van der Waals surface area contributed by atoms with E-state index < -0.39 is 0 Å². The van der Waals surface area contributed by atoms with Crippen LogP contribution in [0.15, 0.2) is 0 Å². The molecule has 0 radical (unpaired) electrons. The van der Waals surface area contributed by atoms with Crippen molar-refractivity contribution in [2.24, 2.45) is 0 Å². The Kier molecular flexibility index (Phi) is 4.54. The van der Waals surface area contributed by atoms with Crippen LogP contribution >= 0.6 is 0 Å². The minimum absolute atomic E-state index is 0.250. The van der Waals surface area contributed by atoms with Gasteiger partial charge in [0.1, 0.15) is 0 Å². The van der Waals surface area contributed by atoms with Gasteiger partial charge in [-0.1, -0.05) is 0 Å². The molecule has 0 aromatic heterocycles. The zero-order valence-corrected chi connectivity index (χ0v) is 10.3. The fourth-order valence-corrected chi connectivity index (χ4v) is 1.70. The maximum Gasteiger partial charge on any atom is 0.237 e. The van der Waals surface area contributed by atoms with E-state index in [0.717, 1.165) is 19.6 Å². The first-order valence-corrected chi connectivity index (χ1v) is 5.72. The van der Waals surface area contributed by atoms with E-state index in [1.807, 2.05) is 11.9 Å². The Bertz CT molecular complexity index is 218. The molecular weight excluding hydrogens is 190 g/mol. The highest BCUT2D eigenvalue weighted by Gasteiger charge is 2.23. The molecule has 1 aliphatic rings. The van der Waals surface area contributed by atoms with Crippen LogP contribution in [0.1, 0.15) is 20.8 Å². The highest BCUT2D eigenvalue weighted by molar-refractivity contribution is 5.78. The minimum atomic E-state index is 0.250. The molecule has 4 heteroatoms. The number of piperazine rings is 1. The summed E-state index contributed by atoms with van der Waals surface area (Å²) in [5.41, 5.74) is 0. The predicted molar refractivity (Wildman–Crippen MR) is 61.8 cm³/mol. The molecule has 0 spiro atoms. The number of nitrogens with zero attached hydrogens (tertiary/aromatic N) is 2. The zero-order valence-electron chi connectivity index (χ0n) is 10.3. The third-order valence-corrected chi connectivity index (χ3v) is 3.09. The molecule has 1 atom stereocenters. The predicted octanol–water partition coefficient (Wildman–Crippen LogP) is 0.147. The van der Waals surface area contributed by atoms with Crippen molar-refractivity contribution in [3.63, 3.8) is 0 Å². The molecule has 4 nitrogen and oxygen atoms in total. The molecule has 1 aliphatic heterocycles. The van der Waals surface area contributed by atoms with Gasteiger partial charge in [-0.2, -0.15) is 0 Å². The van der Waals surface area contributed by atoms with Crippen LogP contribution in [0.3, 0.4) is 0 Å². The Morgan fingerprint density at radius 2 is 2.27 bits per heavy atom. The second-order valence-electron chi connectivity index (χ2n) is 4.65. The van der Waals surface area contributed by atoms with E-state index in [-0.39, 0.29) is 5.91 Å². The standard InChI is InChI=1S/C11H23N3O/c1-9(2)13(4)8-11(15)14-6-5-12-7-10(14)3/h9-10,12H,5-8H2,1-4H3/t10-/m0/s1. The van der Waals surface area contributed by atoms with Crippen molar-refractivity contribution in [1.82, 2.24) is 15.1 Å². The van der Waals surface area contributed by atoms with Gasteiger partial charge in [0.05, 0.1) is 6.54 Å². The van der Waals surface area contributed by atoms with E-state index in [0.29, 0.717) is 18.6 Å². The van der Waals surface area contributed by atoms with Gasteiger partial charge in [-0.3, -0.25) is 9.69 Å². The van der Waals surface area contributed by atoms with E-state index in [9.17, 15) is 4.79 Å². The smallest absolute Gasteiger partial charge is 0.237 e. The third-order valence-electron chi connectivity index (χ3n) is 3.09. The summed E-state index contributed by atoms with van der Waals surface area (Å²) in [6.07, 6.45) is 0. The lowest BCUT2D eigenvalue weighted by molar-refractivity contribution is -0.135. The summed E-state index contributed by atoms with van der Waals surface area (Å²) in [5.74, 6) is 0.250. The summed E-state index contributed by atoms with van der Waals surface area (Å²) < 4.78 is 0. The van der Waals surface area contributed by atoms with Crippen molar-refractivity contribution in [1.29, 1.82) is 0 Å². The molecule has 88 valence electrons. The third kappa shape index (κ3) is 3.47. The number of rotatable bonds is 3. The van der Waals surface area contributed by atoms with Gasteiger partial charge in [-0.15, -0.1) is 0 Å². The fraction of sp³-hybridized carbons (Fsp3) is 0.909. The molecule has 1 amide bonds. The highest BCUT2D eigenvalue weighted by atomic mass is 16.2. The Balaban J connectivity index is 2.45. The summed E-state index contributed by atoms with van der Waals surface area (Å²) >= 11 is 0. The van der Waals surface area contributed by atoms with Crippen LogP contribution in [0.5, 0.6) is 0 Å². The minimum Gasteiger partial charge on any atom is -0.336 e. The molecule has 1 heterocycles. The number of carbonyl (C=O) groups is 1. The van der Waals surface area contributed by atoms with Crippen molar-refractivity contribution in [3.05, 3.63) is 0 Å². The molecule has 1 saturated heterocycles. The lowest BCUT2D eigenvalue weighted by Gasteiger charge is -2.35. The Morgan fingerprint density at radius 3 is 2.80 bits per heavy atom. The molecule has 15 heavy (non-hydrogen) atoms. The van der Waals surface area contributed by atoms with Gasteiger partial charge in [0.25, 0.3) is 0 Å². The van der Waals surface area contributed by atoms with E-state index in [4.69, 9.17) is 0 Å². The van der Waals surface area contributed by atoms with Gasteiger partial charge in [-0.05, 0) is 27.8 Å². The maximum atomic E-state index is 12.0.